The number of carbonyl (C=O) groups is 4. The minimum absolute atomic E-state index is 0.110. The number of nitrogens with zero attached hydrogens (tertiary/aromatic N) is 1. The molecule has 3 heterocycles. The van der Waals surface area contributed by atoms with Crippen molar-refractivity contribution >= 4 is 40.2 Å². The lowest BCUT2D eigenvalue weighted by Crippen LogP contribution is -2.60. The second-order valence-electron chi connectivity index (χ2n) is 9.85. The molecule has 0 bridgehead atoms. The Morgan fingerprint density at radius 3 is 2.58 bits per heavy atom. The number of aromatic nitrogens is 1. The van der Waals surface area contributed by atoms with Gasteiger partial charge in [0.05, 0.1) is 18.6 Å². The fourth-order valence-electron chi connectivity index (χ4n) is 4.89. The summed E-state index contributed by atoms with van der Waals surface area (Å²) in [5, 5.41) is 27.2. The summed E-state index contributed by atoms with van der Waals surface area (Å²) in [4.78, 5) is 54.9. The number of hydrogen-bond acceptors (Lipinski definition) is 8. The van der Waals surface area contributed by atoms with Gasteiger partial charge in [0.15, 0.2) is 11.9 Å². The van der Waals surface area contributed by atoms with Crippen LogP contribution in [0.4, 0.5) is 0 Å². The van der Waals surface area contributed by atoms with Crippen molar-refractivity contribution in [1.82, 2.24) is 10.3 Å². The van der Waals surface area contributed by atoms with E-state index in [9.17, 15) is 29.5 Å². The normalized spacial score (nSPS) is 30.5. The molecule has 2 aliphatic heterocycles. The maximum atomic E-state index is 13.6. The number of cyclic esters (lactones) is 2. The molecule has 202 valence electrons. The van der Waals surface area contributed by atoms with Gasteiger partial charge in [-0.1, -0.05) is 18.2 Å². The highest BCUT2D eigenvalue weighted by atomic mass is 16.6. The molecule has 11 heteroatoms. The number of nitrogens with one attached hydrogen (secondary N) is 2. The number of hydroxylamine groups is 1. The minimum Gasteiger partial charge on any atom is -0.622 e. The molecule has 3 N–H and O–H groups in total. The minimum atomic E-state index is -1.88. The summed E-state index contributed by atoms with van der Waals surface area (Å²) >= 11 is 0. The Labute approximate surface area is 219 Å². The Balaban J connectivity index is 1.79. The Morgan fingerprint density at radius 2 is 1.87 bits per heavy atom. The number of aromatic amines is 1. The van der Waals surface area contributed by atoms with Gasteiger partial charge in [-0.2, -0.15) is 4.74 Å². The zero-order valence-corrected chi connectivity index (χ0v) is 21.4. The van der Waals surface area contributed by atoms with E-state index in [0.29, 0.717) is 10.3 Å². The topological polar surface area (TPSA) is 161 Å². The highest BCUT2D eigenvalue weighted by molar-refractivity contribution is 6.37. The number of ketones is 1. The van der Waals surface area contributed by atoms with Gasteiger partial charge >= 0.3 is 17.8 Å². The molecule has 0 aliphatic carbocycles. The standard InChI is InChI=1S/C27H31N3O8/c1-15-8-9-19(31)10-11-24(33)38-17(3)23(32)12-21(26(35)37-15)27(29-25(34)16(2)30(27)36)13-18-14-28-22-7-5-4-6-20(18)22/h4-7,10-11,14-15,17,19,21,28,31H,8-9,12-13H2,1-3H3,(H,29,34)/b11-10+/t15-,17-,19+,21+,27-/m1/s1. The van der Waals surface area contributed by atoms with Crippen molar-refractivity contribution in [3.05, 3.63) is 53.4 Å². The number of aliphatic hydroxyl groups excluding tert-OH is 1. The van der Waals surface area contributed by atoms with Crippen molar-refractivity contribution in [3.8, 4) is 0 Å². The number of benzene rings is 1. The molecule has 0 radical (unpaired) electrons. The van der Waals surface area contributed by atoms with Crippen LogP contribution < -0.4 is 5.32 Å². The van der Waals surface area contributed by atoms with Crippen molar-refractivity contribution in [3.63, 3.8) is 0 Å². The van der Waals surface area contributed by atoms with Gasteiger partial charge in [-0.15, -0.1) is 0 Å². The second-order valence-corrected chi connectivity index (χ2v) is 9.85. The summed E-state index contributed by atoms with van der Waals surface area (Å²) in [6, 6.07) is 7.37. The maximum Gasteiger partial charge on any atom is 0.331 e. The van der Waals surface area contributed by atoms with Crippen LogP contribution in [0.2, 0.25) is 0 Å². The third kappa shape index (κ3) is 5.33. The van der Waals surface area contributed by atoms with E-state index in [-0.39, 0.29) is 25.0 Å². The first-order valence-electron chi connectivity index (χ1n) is 12.5. The molecule has 0 saturated heterocycles. The van der Waals surface area contributed by atoms with E-state index >= 15 is 0 Å². The van der Waals surface area contributed by atoms with Crippen LogP contribution in [-0.4, -0.2) is 68.1 Å². The van der Waals surface area contributed by atoms with E-state index in [2.05, 4.69) is 10.3 Å². The zero-order valence-electron chi connectivity index (χ0n) is 21.4. The second kappa shape index (κ2) is 10.8. The monoisotopic (exact) mass is 525 g/mol. The molecule has 1 aromatic heterocycles. The molecule has 4 rings (SSSR count). The molecule has 1 aromatic carbocycles. The molecule has 0 unspecified atom stereocenters. The first kappa shape index (κ1) is 27.1. The Kier molecular flexibility index (Phi) is 7.68. The van der Waals surface area contributed by atoms with E-state index in [4.69, 9.17) is 9.47 Å². The zero-order chi connectivity index (χ0) is 27.6. The Hall–Kier alpha value is -3.99. The molecule has 38 heavy (non-hydrogen) atoms. The van der Waals surface area contributed by atoms with Crippen molar-refractivity contribution < 1.29 is 38.5 Å². The van der Waals surface area contributed by atoms with Crippen LogP contribution in [0, 0.1) is 11.1 Å². The van der Waals surface area contributed by atoms with Crippen molar-refractivity contribution in [2.24, 2.45) is 5.92 Å². The predicted molar refractivity (Wildman–Crippen MR) is 136 cm³/mol. The number of hydrogen-bond donors (Lipinski definition) is 3. The van der Waals surface area contributed by atoms with Gasteiger partial charge in [0.25, 0.3) is 11.4 Å². The molecule has 0 saturated carbocycles. The summed E-state index contributed by atoms with van der Waals surface area (Å²) in [5.74, 6) is -4.42. The number of aliphatic hydroxyl groups is 1. The molecule has 2 aliphatic rings. The lowest BCUT2D eigenvalue weighted by Gasteiger charge is -2.34. The fraction of sp³-hybridized carbons (Fsp3) is 0.444. The van der Waals surface area contributed by atoms with Gasteiger partial charge in [-0.3, -0.25) is 19.7 Å². The number of para-hydroxylation sites is 1. The number of amides is 1. The third-order valence-electron chi connectivity index (χ3n) is 7.11. The number of esters is 2. The largest absolute Gasteiger partial charge is 0.622 e. The van der Waals surface area contributed by atoms with Crippen LogP contribution in [0.25, 0.3) is 10.9 Å². The summed E-state index contributed by atoms with van der Waals surface area (Å²) < 4.78 is 11.3. The van der Waals surface area contributed by atoms with Crippen LogP contribution in [-0.2, 0) is 35.1 Å². The quantitative estimate of drug-likeness (QED) is 0.310. The molecular formula is C27H31N3O8. The lowest BCUT2D eigenvalue weighted by atomic mass is 9.82. The van der Waals surface area contributed by atoms with E-state index < -0.39 is 59.9 Å². The highest BCUT2D eigenvalue weighted by Gasteiger charge is 2.59. The molecule has 2 aromatic rings. The summed E-state index contributed by atoms with van der Waals surface area (Å²) in [7, 11) is 0. The van der Waals surface area contributed by atoms with Gasteiger partial charge in [0, 0.05) is 36.5 Å². The van der Waals surface area contributed by atoms with Gasteiger partial charge in [-0.05, 0) is 44.4 Å². The fourth-order valence-corrected chi connectivity index (χ4v) is 4.89. The van der Waals surface area contributed by atoms with Crippen LogP contribution in [0.3, 0.4) is 0 Å². The van der Waals surface area contributed by atoms with Crippen molar-refractivity contribution in [2.75, 3.05) is 0 Å². The Bertz CT molecular complexity index is 1330. The van der Waals surface area contributed by atoms with Gasteiger partial charge in [-0.25, -0.2) is 4.79 Å². The number of Topliss-reactive ketones (excluding diaryl/α,β-unsaturated/α-hetero) is 1. The van der Waals surface area contributed by atoms with Crippen molar-refractivity contribution in [1.29, 1.82) is 0 Å². The van der Waals surface area contributed by atoms with Crippen molar-refractivity contribution in [2.45, 2.75) is 70.4 Å². The van der Waals surface area contributed by atoms with Crippen LogP contribution in [0.1, 0.15) is 45.6 Å². The number of fused-ring (bicyclic) bond motifs is 1. The van der Waals surface area contributed by atoms with Crippen LogP contribution >= 0.6 is 0 Å². The first-order chi connectivity index (χ1) is 18.0. The first-order valence-corrected chi connectivity index (χ1v) is 12.5. The Morgan fingerprint density at radius 1 is 1.13 bits per heavy atom. The number of H-pyrrole nitrogens is 1. The number of ether oxygens (including phenoxy) is 2. The molecule has 0 fully saturated rings. The van der Waals surface area contributed by atoms with E-state index in [1.807, 2.05) is 24.3 Å². The van der Waals surface area contributed by atoms with E-state index in [0.717, 1.165) is 17.0 Å². The average Bonchev–Trinajstić information content (AvgIpc) is 3.38. The summed E-state index contributed by atoms with van der Waals surface area (Å²) in [5.41, 5.74) is -0.591. The van der Waals surface area contributed by atoms with Gasteiger partial charge < -0.3 is 24.8 Å². The highest BCUT2D eigenvalue weighted by Crippen LogP contribution is 2.34. The van der Waals surface area contributed by atoms with E-state index in [1.54, 1.807) is 13.1 Å². The number of carbonyl (C=O) groups excluding carboxylic acids is 4. The van der Waals surface area contributed by atoms with Crippen LogP contribution in [0.5, 0.6) is 0 Å². The third-order valence-corrected chi connectivity index (χ3v) is 7.11. The molecule has 11 nitrogen and oxygen atoms in total. The maximum absolute atomic E-state index is 13.6. The molecule has 0 spiro atoms. The SMILES string of the molecule is CC1=[N+]([O-])[C@](Cc2c[nH]c3ccccc23)([C@H]2CC(=O)[C@@H](C)OC(=O)/C=C/[C@@H](O)CC[C@@H](C)OC2=O)NC1=O. The number of rotatable bonds is 3. The van der Waals surface area contributed by atoms with Gasteiger partial charge in [0.1, 0.15) is 5.92 Å². The smallest absolute Gasteiger partial charge is 0.331 e. The lowest BCUT2D eigenvalue weighted by molar-refractivity contribution is -0.556. The van der Waals surface area contributed by atoms with Crippen LogP contribution in [0.15, 0.2) is 42.6 Å². The molecule has 1 amide bonds. The summed E-state index contributed by atoms with van der Waals surface area (Å²) in [6.45, 7) is 4.32. The summed E-state index contributed by atoms with van der Waals surface area (Å²) in [6.07, 6.45) is 0.855. The predicted octanol–water partition coefficient (Wildman–Crippen LogP) is 1.66. The molecule has 5 atom stereocenters. The average molecular weight is 526 g/mol. The van der Waals surface area contributed by atoms with Gasteiger partial charge in [0.2, 0.25) is 0 Å². The van der Waals surface area contributed by atoms with E-state index in [1.165, 1.54) is 19.9 Å². The molecular weight excluding hydrogens is 494 g/mol.